The van der Waals surface area contributed by atoms with Crippen LogP contribution in [0.5, 0.6) is 0 Å². The van der Waals surface area contributed by atoms with Crippen molar-refractivity contribution in [2.45, 2.75) is 25.2 Å². The predicted molar refractivity (Wildman–Crippen MR) is 102 cm³/mol. The minimum absolute atomic E-state index is 0.0382. The standard InChI is InChI=1S/C17H21ClN2O3S2/c1-3-20(4-2)25(22,23)16-12-13(7-8-15(16)18)17(21)19-10-9-14-6-5-11-24-14/h5-8,11-12H,3-4,9-10H2,1-2H3,(H,19,21). The largest absolute Gasteiger partial charge is 0.352 e. The number of thiophene rings is 1. The van der Waals surface area contributed by atoms with Gasteiger partial charge in [0.2, 0.25) is 10.0 Å². The number of benzene rings is 1. The van der Waals surface area contributed by atoms with Gasteiger partial charge >= 0.3 is 0 Å². The Morgan fingerprint density at radius 1 is 1.24 bits per heavy atom. The number of sulfonamides is 1. The van der Waals surface area contributed by atoms with Gasteiger partial charge in [0.15, 0.2) is 0 Å². The molecule has 1 heterocycles. The Bertz CT molecular complexity index is 816. The molecule has 0 aliphatic heterocycles. The lowest BCUT2D eigenvalue weighted by molar-refractivity contribution is 0.0954. The van der Waals surface area contributed by atoms with Crippen molar-refractivity contribution in [3.63, 3.8) is 0 Å². The Morgan fingerprint density at radius 3 is 2.56 bits per heavy atom. The van der Waals surface area contributed by atoms with Crippen LogP contribution in [0.15, 0.2) is 40.6 Å². The van der Waals surface area contributed by atoms with Crippen molar-refractivity contribution in [3.05, 3.63) is 51.2 Å². The molecule has 0 unspecified atom stereocenters. The molecule has 0 aliphatic carbocycles. The van der Waals surface area contributed by atoms with Crippen LogP contribution < -0.4 is 5.32 Å². The number of halogens is 1. The Morgan fingerprint density at radius 2 is 1.96 bits per heavy atom. The maximum Gasteiger partial charge on any atom is 0.251 e. The first-order valence-corrected chi connectivity index (χ1v) is 10.7. The van der Waals surface area contributed by atoms with Crippen LogP contribution in [0, 0.1) is 0 Å². The lowest BCUT2D eigenvalue weighted by Gasteiger charge is -2.19. The number of nitrogens with one attached hydrogen (secondary N) is 1. The molecule has 0 radical (unpaired) electrons. The van der Waals surface area contributed by atoms with Crippen LogP contribution in [0.2, 0.25) is 5.02 Å². The minimum Gasteiger partial charge on any atom is -0.352 e. The van der Waals surface area contributed by atoms with E-state index in [1.165, 1.54) is 27.4 Å². The number of amides is 1. The Hall–Kier alpha value is -1.41. The highest BCUT2D eigenvalue weighted by Gasteiger charge is 2.25. The molecule has 0 aliphatic rings. The van der Waals surface area contributed by atoms with Gasteiger partial charge in [-0.15, -0.1) is 11.3 Å². The van der Waals surface area contributed by atoms with E-state index < -0.39 is 10.0 Å². The highest BCUT2D eigenvalue weighted by atomic mass is 35.5. The van der Waals surface area contributed by atoms with E-state index in [1.54, 1.807) is 25.2 Å². The van der Waals surface area contributed by atoms with Gasteiger partial charge in [-0.1, -0.05) is 31.5 Å². The average molecular weight is 401 g/mol. The highest BCUT2D eigenvalue weighted by Crippen LogP contribution is 2.25. The van der Waals surface area contributed by atoms with Crippen molar-refractivity contribution in [1.82, 2.24) is 9.62 Å². The fourth-order valence-corrected chi connectivity index (χ4v) is 5.07. The summed E-state index contributed by atoms with van der Waals surface area (Å²) in [5.41, 5.74) is 0.279. The topological polar surface area (TPSA) is 66.5 Å². The quantitative estimate of drug-likeness (QED) is 0.738. The van der Waals surface area contributed by atoms with Gasteiger partial charge in [0, 0.05) is 30.1 Å². The van der Waals surface area contributed by atoms with E-state index in [0.717, 1.165) is 6.42 Å². The third-order valence-corrected chi connectivity index (χ3v) is 7.22. The van der Waals surface area contributed by atoms with Gasteiger partial charge in [-0.3, -0.25) is 4.79 Å². The van der Waals surface area contributed by atoms with Crippen molar-refractivity contribution in [3.8, 4) is 0 Å². The molecule has 0 bridgehead atoms. The van der Waals surface area contributed by atoms with E-state index in [9.17, 15) is 13.2 Å². The van der Waals surface area contributed by atoms with Crippen molar-refractivity contribution < 1.29 is 13.2 Å². The van der Waals surface area contributed by atoms with E-state index in [-0.39, 0.29) is 21.4 Å². The molecule has 0 spiro atoms. The summed E-state index contributed by atoms with van der Waals surface area (Å²) in [7, 11) is -3.72. The third-order valence-electron chi connectivity index (χ3n) is 3.75. The molecule has 5 nitrogen and oxygen atoms in total. The summed E-state index contributed by atoms with van der Waals surface area (Å²) < 4.78 is 26.7. The molecule has 0 saturated carbocycles. The van der Waals surface area contributed by atoms with Crippen molar-refractivity contribution >= 4 is 38.9 Å². The fourth-order valence-electron chi connectivity index (χ4n) is 2.40. The summed E-state index contributed by atoms with van der Waals surface area (Å²) in [6, 6.07) is 8.30. The molecule has 1 amide bonds. The van der Waals surface area contributed by atoms with E-state index in [1.807, 2.05) is 17.5 Å². The maximum absolute atomic E-state index is 12.7. The second-order valence-electron chi connectivity index (χ2n) is 5.32. The van der Waals surface area contributed by atoms with Crippen molar-refractivity contribution in [1.29, 1.82) is 0 Å². The zero-order valence-corrected chi connectivity index (χ0v) is 16.5. The van der Waals surface area contributed by atoms with Crippen molar-refractivity contribution in [2.75, 3.05) is 19.6 Å². The molecule has 1 N–H and O–H groups in total. The number of nitrogens with zero attached hydrogens (tertiary/aromatic N) is 1. The molecular formula is C17H21ClN2O3S2. The Balaban J connectivity index is 2.16. The Labute approximate surface area is 157 Å². The number of rotatable bonds is 8. The molecule has 0 fully saturated rings. The van der Waals surface area contributed by atoms with Gasteiger partial charge in [0.1, 0.15) is 4.90 Å². The lowest BCUT2D eigenvalue weighted by atomic mass is 10.2. The third kappa shape index (κ3) is 4.82. The first-order chi connectivity index (χ1) is 11.9. The monoisotopic (exact) mass is 400 g/mol. The van der Waals surface area contributed by atoms with Gasteiger partial charge in [-0.05, 0) is 36.1 Å². The molecule has 25 heavy (non-hydrogen) atoms. The van der Waals surface area contributed by atoms with Crippen LogP contribution in [-0.2, 0) is 16.4 Å². The molecule has 136 valence electrons. The summed E-state index contributed by atoms with van der Waals surface area (Å²) in [5, 5.41) is 4.91. The second-order valence-corrected chi connectivity index (χ2v) is 8.67. The van der Waals surface area contributed by atoms with E-state index >= 15 is 0 Å². The molecule has 1 aromatic heterocycles. The summed E-state index contributed by atoms with van der Waals surface area (Å²) in [5.74, 6) is -0.316. The summed E-state index contributed by atoms with van der Waals surface area (Å²) in [6.07, 6.45) is 0.738. The van der Waals surface area contributed by atoms with Gasteiger partial charge in [0.25, 0.3) is 5.91 Å². The second kappa shape index (κ2) is 8.80. The van der Waals surface area contributed by atoms with E-state index in [2.05, 4.69) is 5.32 Å². The highest BCUT2D eigenvalue weighted by molar-refractivity contribution is 7.89. The van der Waals surface area contributed by atoms with Crippen LogP contribution in [0.25, 0.3) is 0 Å². The van der Waals surface area contributed by atoms with Crippen molar-refractivity contribution in [2.24, 2.45) is 0 Å². The first kappa shape index (κ1) is 19.9. The van der Waals surface area contributed by atoms with E-state index in [4.69, 9.17) is 11.6 Å². The van der Waals surface area contributed by atoms with Crippen LogP contribution in [0.1, 0.15) is 29.1 Å². The van der Waals surface area contributed by atoms with Crippen LogP contribution in [-0.4, -0.2) is 38.3 Å². The summed E-state index contributed by atoms with van der Waals surface area (Å²) >= 11 is 7.71. The van der Waals surface area contributed by atoms with Gasteiger partial charge in [-0.2, -0.15) is 4.31 Å². The average Bonchev–Trinajstić information content (AvgIpc) is 3.09. The molecule has 0 saturated heterocycles. The normalized spacial score (nSPS) is 11.7. The molecule has 1 aromatic carbocycles. The van der Waals surface area contributed by atoms with Gasteiger partial charge < -0.3 is 5.32 Å². The smallest absolute Gasteiger partial charge is 0.251 e. The molecule has 2 aromatic rings. The maximum atomic E-state index is 12.7. The predicted octanol–water partition coefficient (Wildman–Crippen LogP) is 3.40. The molecule has 0 atom stereocenters. The van der Waals surface area contributed by atoms with Gasteiger partial charge in [-0.25, -0.2) is 8.42 Å². The Kier molecular flexibility index (Phi) is 7.01. The van der Waals surface area contributed by atoms with Crippen LogP contribution in [0.4, 0.5) is 0 Å². The van der Waals surface area contributed by atoms with E-state index in [0.29, 0.717) is 19.6 Å². The zero-order chi connectivity index (χ0) is 18.4. The first-order valence-electron chi connectivity index (χ1n) is 8.00. The summed E-state index contributed by atoms with van der Waals surface area (Å²) in [4.78, 5) is 13.5. The fraction of sp³-hybridized carbons (Fsp3) is 0.353. The summed E-state index contributed by atoms with van der Waals surface area (Å²) in [6.45, 7) is 4.69. The van der Waals surface area contributed by atoms with Crippen LogP contribution in [0.3, 0.4) is 0 Å². The van der Waals surface area contributed by atoms with Gasteiger partial charge in [0.05, 0.1) is 5.02 Å². The zero-order valence-electron chi connectivity index (χ0n) is 14.2. The number of carbonyl (C=O) groups is 1. The lowest BCUT2D eigenvalue weighted by Crippen LogP contribution is -2.31. The SMILES string of the molecule is CCN(CC)S(=O)(=O)c1cc(C(=O)NCCc2cccs2)ccc1Cl. The van der Waals surface area contributed by atoms with Crippen LogP contribution >= 0.6 is 22.9 Å². The number of hydrogen-bond acceptors (Lipinski definition) is 4. The minimum atomic E-state index is -3.72. The molecule has 2 rings (SSSR count). The number of carbonyl (C=O) groups excluding carboxylic acids is 1. The molecule has 8 heteroatoms. The number of hydrogen-bond donors (Lipinski definition) is 1. The molecular weight excluding hydrogens is 380 g/mol.